The zero-order chi connectivity index (χ0) is 44.4. The van der Waals surface area contributed by atoms with Crippen LogP contribution in [0, 0.1) is 10.1 Å². The standard InChI is InChI=1S/C27H20N8O19S5/c1-29-33-23-19(57(46,47)48)7-12-11(25(23)36)3-5-15(27(12)59(52,53)54)31-32-16-9-18(56(43,44)45)13-8-20(58(49,50)51)24(26(37)21(13)22(16)28)34-30-14-4-2-10(55(40,41)42)6-17(14)35(38)39/h2-9,36-37H,28H2,1H3,(H,40,41,42)(H,43,44,45)(H,46,47,48)(H,49,50,51)(H,52,53,54). The second kappa shape index (κ2) is 14.9. The van der Waals surface area contributed by atoms with E-state index in [9.17, 15) is 85.2 Å². The second-order valence-corrected chi connectivity index (χ2v) is 18.3. The first-order valence-electron chi connectivity index (χ1n) is 14.7. The van der Waals surface area contributed by atoms with Gasteiger partial charge in [-0.2, -0.15) is 52.3 Å². The lowest BCUT2D eigenvalue weighted by molar-refractivity contribution is -0.384. The molecule has 0 heterocycles. The Hall–Kier alpha value is -6.23. The Balaban J connectivity index is 1.84. The van der Waals surface area contributed by atoms with Gasteiger partial charge in [0.05, 0.1) is 16.0 Å². The number of aromatic hydroxyl groups is 2. The topological polar surface area (TPSA) is 456 Å². The van der Waals surface area contributed by atoms with Crippen LogP contribution in [-0.2, 0) is 50.6 Å². The van der Waals surface area contributed by atoms with Crippen molar-refractivity contribution < 1.29 is 80.0 Å². The zero-order valence-corrected chi connectivity index (χ0v) is 32.5. The highest BCUT2D eigenvalue weighted by Crippen LogP contribution is 2.50. The maximum absolute atomic E-state index is 12.7. The summed E-state index contributed by atoms with van der Waals surface area (Å²) in [7, 11) is -25.9. The quantitative estimate of drug-likeness (QED) is 0.0293. The molecule has 5 aromatic carbocycles. The van der Waals surface area contributed by atoms with Gasteiger partial charge in [0.25, 0.3) is 56.3 Å². The van der Waals surface area contributed by atoms with Gasteiger partial charge in [-0.05, 0) is 42.5 Å². The summed E-state index contributed by atoms with van der Waals surface area (Å²) in [5.74, 6) is -2.53. The van der Waals surface area contributed by atoms with Crippen LogP contribution in [0.1, 0.15) is 0 Å². The van der Waals surface area contributed by atoms with Gasteiger partial charge in [-0.1, -0.05) is 0 Å². The molecule has 0 spiro atoms. The molecule has 32 heteroatoms. The van der Waals surface area contributed by atoms with E-state index >= 15 is 0 Å². The molecule has 0 fully saturated rings. The summed E-state index contributed by atoms with van der Waals surface area (Å²) in [6, 6.07) is 4.42. The summed E-state index contributed by atoms with van der Waals surface area (Å²) < 4.78 is 172. The summed E-state index contributed by atoms with van der Waals surface area (Å²) in [6.45, 7) is 0. The Kier molecular flexibility index (Phi) is 11.1. The van der Waals surface area contributed by atoms with Crippen LogP contribution >= 0.6 is 0 Å². The van der Waals surface area contributed by atoms with Crippen LogP contribution in [0.25, 0.3) is 21.5 Å². The first-order chi connectivity index (χ1) is 27.0. The number of fused-ring (bicyclic) bond motifs is 2. The van der Waals surface area contributed by atoms with E-state index in [0.717, 1.165) is 19.2 Å². The summed E-state index contributed by atoms with van der Waals surface area (Å²) in [5, 5.41) is 51.2. The highest BCUT2D eigenvalue weighted by atomic mass is 32.2. The highest BCUT2D eigenvalue weighted by Gasteiger charge is 2.31. The van der Waals surface area contributed by atoms with Gasteiger partial charge in [0.2, 0.25) is 0 Å². The fourth-order valence-corrected chi connectivity index (χ4v) is 8.65. The zero-order valence-electron chi connectivity index (χ0n) is 28.4. The number of benzene rings is 5. The molecule has 0 aliphatic rings. The number of nitrogens with two attached hydrogens (primary N) is 1. The predicted molar refractivity (Wildman–Crippen MR) is 197 cm³/mol. The van der Waals surface area contributed by atoms with E-state index in [2.05, 4.69) is 30.7 Å². The number of nitro benzene ring substituents is 1. The third kappa shape index (κ3) is 8.51. The van der Waals surface area contributed by atoms with Crippen molar-refractivity contribution in [3.8, 4) is 11.5 Å². The number of nitrogen functional groups attached to an aromatic ring is 1. The molecule has 0 amide bonds. The lowest BCUT2D eigenvalue weighted by Crippen LogP contribution is -2.04. The maximum atomic E-state index is 12.7. The van der Waals surface area contributed by atoms with E-state index in [1.807, 2.05) is 0 Å². The number of hydrogen-bond acceptors (Lipinski definition) is 21. The van der Waals surface area contributed by atoms with Crippen molar-refractivity contribution in [1.82, 2.24) is 0 Å². The number of nitrogens with zero attached hydrogens (tertiary/aromatic N) is 7. The number of azo groups is 3. The molecule has 0 aliphatic heterocycles. The van der Waals surface area contributed by atoms with E-state index < -0.39 is 153 Å². The van der Waals surface area contributed by atoms with Gasteiger partial charge in [-0.15, -0.1) is 20.5 Å². The second-order valence-electron chi connectivity index (χ2n) is 11.4. The number of nitro groups is 1. The third-order valence-corrected chi connectivity index (χ3v) is 12.2. The molecule has 0 atom stereocenters. The average molecular weight is 921 g/mol. The highest BCUT2D eigenvalue weighted by molar-refractivity contribution is 7.87. The Morgan fingerprint density at radius 2 is 1.07 bits per heavy atom. The van der Waals surface area contributed by atoms with Gasteiger partial charge in [0, 0.05) is 29.3 Å². The van der Waals surface area contributed by atoms with Crippen LogP contribution in [-0.4, -0.2) is 87.0 Å². The number of phenols is 2. The smallest absolute Gasteiger partial charge is 0.298 e. The molecular formula is C27H20N8O19S5. The van der Waals surface area contributed by atoms with Crippen LogP contribution in [0.15, 0.2) is 104 Å². The SMILES string of the molecule is CN=Nc1c(S(=O)(=O)O)cc2c(S(=O)(=O)O)c(N=Nc3cc(S(=O)(=O)O)c4cc(S(=O)(=O)O)c(N=Nc5ccc(S(=O)(=O)O)cc5[N+](=O)[O-])c(O)c4c3N)ccc2c1O. The Morgan fingerprint density at radius 3 is 1.58 bits per heavy atom. The van der Waals surface area contributed by atoms with Crippen molar-refractivity contribution in [3.63, 3.8) is 0 Å². The van der Waals surface area contributed by atoms with Gasteiger partial charge in [-0.25, -0.2) is 0 Å². The Labute approximate surface area is 328 Å². The van der Waals surface area contributed by atoms with Crippen molar-refractivity contribution in [2.24, 2.45) is 30.7 Å². The first kappa shape index (κ1) is 43.9. The summed E-state index contributed by atoms with van der Waals surface area (Å²) in [5.41, 5.74) is -0.693. The maximum Gasteiger partial charge on any atom is 0.298 e. The van der Waals surface area contributed by atoms with Crippen molar-refractivity contribution in [2.75, 3.05) is 12.8 Å². The number of anilines is 1. The molecule has 0 radical (unpaired) electrons. The monoisotopic (exact) mass is 920 g/mol. The van der Waals surface area contributed by atoms with Crippen molar-refractivity contribution in [2.45, 2.75) is 24.5 Å². The van der Waals surface area contributed by atoms with Crippen LogP contribution in [0.2, 0.25) is 0 Å². The number of rotatable bonds is 11. The predicted octanol–water partition coefficient (Wildman–Crippen LogP) is 4.67. The van der Waals surface area contributed by atoms with Gasteiger partial charge in [-0.3, -0.25) is 32.9 Å². The number of phenolic OH excluding ortho intramolecular Hbond substituents is 2. The van der Waals surface area contributed by atoms with E-state index in [1.165, 1.54) is 0 Å². The van der Waals surface area contributed by atoms with E-state index in [0.29, 0.717) is 36.4 Å². The van der Waals surface area contributed by atoms with Crippen LogP contribution in [0.5, 0.6) is 11.5 Å². The van der Waals surface area contributed by atoms with Gasteiger partial charge >= 0.3 is 0 Å². The van der Waals surface area contributed by atoms with Gasteiger partial charge in [0.15, 0.2) is 17.2 Å². The molecule has 312 valence electrons. The molecule has 5 rings (SSSR count). The minimum Gasteiger partial charge on any atom is -0.505 e. The molecule has 0 aliphatic carbocycles. The van der Waals surface area contributed by atoms with Crippen LogP contribution in [0.4, 0.5) is 39.8 Å². The Bertz CT molecular complexity index is 3370. The summed E-state index contributed by atoms with van der Waals surface area (Å²) in [6.07, 6.45) is 0. The van der Waals surface area contributed by atoms with Crippen molar-refractivity contribution in [3.05, 3.63) is 58.6 Å². The van der Waals surface area contributed by atoms with E-state index in [1.54, 1.807) is 0 Å². The molecule has 9 N–H and O–H groups in total. The van der Waals surface area contributed by atoms with Crippen LogP contribution < -0.4 is 5.73 Å². The average Bonchev–Trinajstić information content (AvgIpc) is 3.09. The lowest BCUT2D eigenvalue weighted by Gasteiger charge is -2.14. The van der Waals surface area contributed by atoms with E-state index in [4.69, 9.17) is 5.73 Å². The fraction of sp³-hybridized carbons (Fsp3) is 0.0370. The lowest BCUT2D eigenvalue weighted by atomic mass is 10.0. The minimum atomic E-state index is -5.58. The molecule has 59 heavy (non-hydrogen) atoms. The molecule has 0 aromatic heterocycles. The van der Waals surface area contributed by atoms with Gasteiger partial charge < -0.3 is 15.9 Å². The van der Waals surface area contributed by atoms with E-state index in [-0.39, 0.29) is 0 Å². The molecule has 5 aromatic rings. The minimum absolute atomic E-state index is 0.306. The first-order valence-corrected chi connectivity index (χ1v) is 21.9. The molecule has 0 unspecified atom stereocenters. The van der Waals surface area contributed by atoms with Crippen LogP contribution in [0.3, 0.4) is 0 Å². The normalized spacial score (nSPS) is 13.4. The van der Waals surface area contributed by atoms with Crippen molar-refractivity contribution >= 4 is 112 Å². The fourth-order valence-electron chi connectivity index (χ4n) is 5.33. The molecular weight excluding hydrogens is 901 g/mol. The Morgan fingerprint density at radius 1 is 0.559 bits per heavy atom. The molecule has 0 bridgehead atoms. The third-order valence-electron chi connectivity index (χ3n) is 7.74. The summed E-state index contributed by atoms with van der Waals surface area (Å²) in [4.78, 5) is 4.21. The largest absolute Gasteiger partial charge is 0.505 e. The summed E-state index contributed by atoms with van der Waals surface area (Å²) >= 11 is 0. The van der Waals surface area contributed by atoms with Crippen molar-refractivity contribution in [1.29, 1.82) is 0 Å². The van der Waals surface area contributed by atoms with Gasteiger partial charge in [0.1, 0.15) is 47.2 Å². The molecule has 27 nitrogen and oxygen atoms in total. The molecule has 0 saturated carbocycles. The molecule has 0 saturated heterocycles. The number of hydrogen-bond donors (Lipinski definition) is 8.